The maximum Gasteiger partial charge on any atom is 0.204 e. The number of imidazole rings is 1. The van der Waals surface area contributed by atoms with Crippen molar-refractivity contribution in [3.05, 3.63) is 67.0 Å². The van der Waals surface area contributed by atoms with Crippen molar-refractivity contribution in [2.24, 2.45) is 0 Å². The summed E-state index contributed by atoms with van der Waals surface area (Å²) in [5, 5.41) is 0. The van der Waals surface area contributed by atoms with E-state index >= 15 is 0 Å². The van der Waals surface area contributed by atoms with Crippen molar-refractivity contribution >= 4 is 5.95 Å². The Morgan fingerprint density at radius 2 is 1.74 bits per heavy atom. The van der Waals surface area contributed by atoms with Crippen molar-refractivity contribution in [1.29, 1.82) is 0 Å². The lowest BCUT2D eigenvalue weighted by molar-refractivity contribution is 0.482. The highest BCUT2D eigenvalue weighted by atomic mass is 16.5. The molecule has 0 radical (unpaired) electrons. The highest BCUT2D eigenvalue weighted by molar-refractivity contribution is 5.45. The maximum atomic E-state index is 5.79. The molecule has 0 amide bonds. The van der Waals surface area contributed by atoms with E-state index in [1.165, 1.54) is 0 Å². The molecule has 3 rings (SSSR count). The van der Waals surface area contributed by atoms with E-state index in [1.807, 2.05) is 60.8 Å². The molecule has 0 aliphatic rings. The van der Waals surface area contributed by atoms with Crippen LogP contribution in [0.2, 0.25) is 0 Å². The van der Waals surface area contributed by atoms with Crippen LogP contribution in [-0.2, 0) is 0 Å². The fourth-order valence-corrected chi connectivity index (χ4v) is 1.85. The van der Waals surface area contributed by atoms with Gasteiger partial charge in [0, 0.05) is 18.5 Å². The molecular weight excluding hydrogens is 238 g/mol. The highest BCUT2D eigenvalue weighted by Gasteiger charge is 2.03. The van der Waals surface area contributed by atoms with Gasteiger partial charge in [-0.2, -0.15) is 0 Å². The second-order valence-electron chi connectivity index (χ2n) is 4.07. The minimum absolute atomic E-state index is 0.455. The monoisotopic (exact) mass is 251 g/mol. The van der Waals surface area contributed by atoms with Crippen LogP contribution in [0.3, 0.4) is 0 Å². The molecule has 4 heteroatoms. The van der Waals surface area contributed by atoms with Gasteiger partial charge in [0.15, 0.2) is 0 Å². The molecule has 1 heterocycles. The Morgan fingerprint density at radius 1 is 0.947 bits per heavy atom. The minimum atomic E-state index is 0.455. The van der Waals surface area contributed by atoms with Gasteiger partial charge >= 0.3 is 0 Å². The number of hydrogen-bond donors (Lipinski definition) is 1. The third-order valence-corrected chi connectivity index (χ3v) is 2.74. The van der Waals surface area contributed by atoms with E-state index < -0.39 is 0 Å². The highest BCUT2D eigenvalue weighted by Crippen LogP contribution is 2.24. The van der Waals surface area contributed by atoms with E-state index in [4.69, 9.17) is 10.5 Å². The van der Waals surface area contributed by atoms with Crippen LogP contribution in [0.25, 0.3) is 5.69 Å². The summed E-state index contributed by atoms with van der Waals surface area (Å²) in [5.41, 5.74) is 6.71. The molecule has 0 aliphatic carbocycles. The number of anilines is 1. The first-order valence-corrected chi connectivity index (χ1v) is 5.95. The first kappa shape index (κ1) is 11.3. The van der Waals surface area contributed by atoms with E-state index in [2.05, 4.69) is 4.98 Å². The van der Waals surface area contributed by atoms with Crippen molar-refractivity contribution in [2.75, 3.05) is 5.73 Å². The van der Waals surface area contributed by atoms with Crippen LogP contribution < -0.4 is 10.5 Å². The van der Waals surface area contributed by atoms with Gasteiger partial charge in [-0.25, -0.2) is 4.98 Å². The summed E-state index contributed by atoms with van der Waals surface area (Å²) in [7, 11) is 0. The van der Waals surface area contributed by atoms with E-state index in [9.17, 15) is 0 Å². The fourth-order valence-electron chi connectivity index (χ4n) is 1.85. The Morgan fingerprint density at radius 3 is 2.47 bits per heavy atom. The maximum absolute atomic E-state index is 5.79. The van der Waals surface area contributed by atoms with Crippen molar-refractivity contribution < 1.29 is 4.74 Å². The lowest BCUT2D eigenvalue weighted by atomic mass is 10.3. The number of nitrogen functional groups attached to an aromatic ring is 1. The number of ether oxygens (including phenoxy) is 1. The van der Waals surface area contributed by atoms with Gasteiger partial charge in [0.1, 0.15) is 11.5 Å². The molecule has 0 atom stereocenters. The molecule has 0 saturated carbocycles. The summed E-state index contributed by atoms with van der Waals surface area (Å²) >= 11 is 0. The molecule has 0 unspecified atom stereocenters. The van der Waals surface area contributed by atoms with Crippen LogP contribution in [0.5, 0.6) is 11.5 Å². The Bertz CT molecular complexity index is 677. The van der Waals surface area contributed by atoms with E-state index in [0.29, 0.717) is 5.95 Å². The fraction of sp³-hybridized carbons (Fsp3) is 0. The molecular formula is C15H13N3O. The molecule has 4 nitrogen and oxygen atoms in total. The molecule has 94 valence electrons. The van der Waals surface area contributed by atoms with Crippen LogP contribution >= 0.6 is 0 Å². The Hall–Kier alpha value is -2.75. The van der Waals surface area contributed by atoms with Gasteiger partial charge in [0.05, 0.1) is 5.69 Å². The van der Waals surface area contributed by atoms with Crippen LogP contribution in [0.15, 0.2) is 67.0 Å². The summed E-state index contributed by atoms with van der Waals surface area (Å²) in [6.07, 6.45) is 3.48. The molecule has 1 aromatic heterocycles. The SMILES string of the molecule is Nc1nccn1-c1cccc(Oc2ccccc2)c1. The summed E-state index contributed by atoms with van der Waals surface area (Å²) in [6, 6.07) is 17.4. The summed E-state index contributed by atoms with van der Waals surface area (Å²) in [4.78, 5) is 4.01. The number of rotatable bonds is 3. The lowest BCUT2D eigenvalue weighted by Crippen LogP contribution is -1.99. The summed E-state index contributed by atoms with van der Waals surface area (Å²) in [6.45, 7) is 0. The largest absolute Gasteiger partial charge is 0.457 e. The van der Waals surface area contributed by atoms with Gasteiger partial charge in [-0.1, -0.05) is 24.3 Å². The number of hydrogen-bond acceptors (Lipinski definition) is 3. The van der Waals surface area contributed by atoms with Gasteiger partial charge in [0.25, 0.3) is 0 Å². The average molecular weight is 251 g/mol. The molecule has 0 saturated heterocycles. The number of para-hydroxylation sites is 1. The molecule has 0 fully saturated rings. The molecule has 0 bridgehead atoms. The lowest BCUT2D eigenvalue weighted by Gasteiger charge is -2.09. The van der Waals surface area contributed by atoms with E-state index in [1.54, 1.807) is 10.8 Å². The van der Waals surface area contributed by atoms with Gasteiger partial charge < -0.3 is 10.5 Å². The van der Waals surface area contributed by atoms with Crippen molar-refractivity contribution in [3.63, 3.8) is 0 Å². The van der Waals surface area contributed by atoms with E-state index in [-0.39, 0.29) is 0 Å². The normalized spacial score (nSPS) is 10.3. The Balaban J connectivity index is 1.91. The van der Waals surface area contributed by atoms with Crippen molar-refractivity contribution in [1.82, 2.24) is 9.55 Å². The first-order chi connectivity index (χ1) is 9.33. The zero-order valence-corrected chi connectivity index (χ0v) is 10.2. The van der Waals surface area contributed by atoms with Gasteiger partial charge in [-0.3, -0.25) is 4.57 Å². The topological polar surface area (TPSA) is 53.1 Å². The quantitative estimate of drug-likeness (QED) is 0.777. The number of benzene rings is 2. The zero-order valence-electron chi connectivity index (χ0n) is 10.2. The predicted octanol–water partition coefficient (Wildman–Crippen LogP) is 3.25. The minimum Gasteiger partial charge on any atom is -0.457 e. The second kappa shape index (κ2) is 4.86. The molecule has 19 heavy (non-hydrogen) atoms. The van der Waals surface area contributed by atoms with Crippen LogP contribution in [0.4, 0.5) is 5.95 Å². The Labute approximate surface area is 111 Å². The molecule has 0 spiro atoms. The van der Waals surface area contributed by atoms with Gasteiger partial charge in [0.2, 0.25) is 5.95 Å². The standard InChI is InChI=1S/C15H13N3O/c16-15-17-9-10-18(15)12-5-4-8-14(11-12)19-13-6-2-1-3-7-13/h1-11H,(H2,16,17). The number of nitrogens with two attached hydrogens (primary N) is 1. The predicted molar refractivity (Wildman–Crippen MR) is 74.5 cm³/mol. The van der Waals surface area contributed by atoms with Gasteiger partial charge in [-0.15, -0.1) is 0 Å². The summed E-state index contributed by atoms with van der Waals surface area (Å²) in [5.74, 6) is 2.02. The third kappa shape index (κ3) is 2.42. The molecule has 3 aromatic rings. The van der Waals surface area contributed by atoms with Crippen LogP contribution in [-0.4, -0.2) is 9.55 Å². The van der Waals surface area contributed by atoms with Crippen molar-refractivity contribution in [3.8, 4) is 17.2 Å². The zero-order chi connectivity index (χ0) is 13.1. The van der Waals surface area contributed by atoms with Crippen LogP contribution in [0.1, 0.15) is 0 Å². The van der Waals surface area contributed by atoms with Crippen LogP contribution in [0, 0.1) is 0 Å². The molecule has 0 aliphatic heterocycles. The summed E-state index contributed by atoms with van der Waals surface area (Å²) < 4.78 is 7.59. The number of aromatic nitrogens is 2. The van der Waals surface area contributed by atoms with Gasteiger partial charge in [-0.05, 0) is 24.3 Å². The smallest absolute Gasteiger partial charge is 0.204 e. The Kier molecular flexibility index (Phi) is 2.90. The number of nitrogens with zero attached hydrogens (tertiary/aromatic N) is 2. The molecule has 2 N–H and O–H groups in total. The van der Waals surface area contributed by atoms with Crippen molar-refractivity contribution in [2.45, 2.75) is 0 Å². The first-order valence-electron chi connectivity index (χ1n) is 5.95. The third-order valence-electron chi connectivity index (χ3n) is 2.74. The second-order valence-corrected chi connectivity index (χ2v) is 4.07. The van der Waals surface area contributed by atoms with E-state index in [0.717, 1.165) is 17.2 Å². The average Bonchev–Trinajstić information content (AvgIpc) is 2.86. The molecule has 2 aromatic carbocycles.